The van der Waals surface area contributed by atoms with E-state index in [1.54, 1.807) is 18.2 Å². The molecule has 2 aliphatic rings. The molecule has 0 amide bonds. The zero-order chi connectivity index (χ0) is 27.4. The molecule has 2 nitrogen and oxygen atoms in total. The lowest BCUT2D eigenvalue weighted by Crippen LogP contribution is -2.14. The standard InChI is InChI=1S/C37H48O2/c1-6-27-21-25(2)32(23-34(27)28-13-9-7-10-14-28)37(30-17-19-31(38-4)20-18-30)33-24-35(29-15-11-8-12-16-29)36(39-5)22-26(33)3/h17-24,28-29,37H,6-16H2,1-5H3. The van der Waals surface area contributed by atoms with Crippen LogP contribution in [0.3, 0.4) is 0 Å². The zero-order valence-electron chi connectivity index (χ0n) is 24.9. The molecule has 2 saturated carbocycles. The van der Waals surface area contributed by atoms with Crippen molar-refractivity contribution in [3.63, 3.8) is 0 Å². The molecule has 208 valence electrons. The van der Waals surface area contributed by atoms with E-state index in [0.29, 0.717) is 11.8 Å². The van der Waals surface area contributed by atoms with Gasteiger partial charge in [-0.05, 0) is 120 Å². The van der Waals surface area contributed by atoms with Crippen molar-refractivity contribution in [1.29, 1.82) is 0 Å². The molecule has 0 heterocycles. The Morgan fingerprint density at radius 3 is 1.74 bits per heavy atom. The minimum absolute atomic E-state index is 0.178. The van der Waals surface area contributed by atoms with Crippen LogP contribution in [0.4, 0.5) is 0 Å². The van der Waals surface area contributed by atoms with E-state index >= 15 is 0 Å². The Bertz CT molecular complexity index is 1170. The summed E-state index contributed by atoms with van der Waals surface area (Å²) in [5.41, 5.74) is 11.5. The van der Waals surface area contributed by atoms with Gasteiger partial charge in [-0.3, -0.25) is 0 Å². The van der Waals surface area contributed by atoms with Crippen molar-refractivity contribution in [2.24, 2.45) is 0 Å². The molecular weight excluding hydrogens is 476 g/mol. The number of ether oxygens (including phenoxy) is 2. The van der Waals surface area contributed by atoms with Crippen LogP contribution in [0, 0.1) is 13.8 Å². The molecule has 39 heavy (non-hydrogen) atoms. The maximum atomic E-state index is 5.99. The third-order valence-corrected chi connectivity index (χ3v) is 9.69. The Morgan fingerprint density at radius 2 is 1.21 bits per heavy atom. The number of methoxy groups -OCH3 is 2. The molecule has 3 aromatic carbocycles. The van der Waals surface area contributed by atoms with Crippen molar-refractivity contribution < 1.29 is 9.47 Å². The summed E-state index contributed by atoms with van der Waals surface area (Å²) in [6, 6.07) is 18.8. The molecule has 0 saturated heterocycles. The zero-order valence-corrected chi connectivity index (χ0v) is 24.9. The third kappa shape index (κ3) is 5.91. The van der Waals surface area contributed by atoms with Gasteiger partial charge in [-0.2, -0.15) is 0 Å². The summed E-state index contributed by atoms with van der Waals surface area (Å²) in [5, 5.41) is 0. The van der Waals surface area contributed by atoms with E-state index in [2.05, 4.69) is 69.3 Å². The molecule has 5 rings (SSSR count). The van der Waals surface area contributed by atoms with Gasteiger partial charge in [-0.25, -0.2) is 0 Å². The SMILES string of the molecule is CCc1cc(C)c(C(c2ccc(OC)cc2)c2cc(C3CCCCC3)c(OC)cc2C)cc1C1CCCCC1. The van der Waals surface area contributed by atoms with Crippen LogP contribution in [0.1, 0.15) is 133 Å². The summed E-state index contributed by atoms with van der Waals surface area (Å²) in [4.78, 5) is 0. The van der Waals surface area contributed by atoms with Gasteiger partial charge in [0.25, 0.3) is 0 Å². The van der Waals surface area contributed by atoms with Crippen molar-refractivity contribution in [3.05, 3.63) is 93.0 Å². The largest absolute Gasteiger partial charge is 0.497 e. The third-order valence-electron chi connectivity index (χ3n) is 9.69. The van der Waals surface area contributed by atoms with Crippen molar-refractivity contribution in [1.82, 2.24) is 0 Å². The second-order valence-corrected chi connectivity index (χ2v) is 12.1. The lowest BCUT2D eigenvalue weighted by molar-refractivity contribution is 0.386. The van der Waals surface area contributed by atoms with Gasteiger partial charge < -0.3 is 9.47 Å². The van der Waals surface area contributed by atoms with E-state index in [9.17, 15) is 0 Å². The Balaban J connectivity index is 1.70. The normalized spacial score (nSPS) is 17.7. The molecule has 0 aromatic heterocycles. The lowest BCUT2D eigenvalue weighted by Gasteiger charge is -2.30. The number of aryl methyl sites for hydroxylation is 3. The molecule has 0 radical (unpaired) electrons. The van der Waals surface area contributed by atoms with Crippen molar-refractivity contribution >= 4 is 0 Å². The van der Waals surface area contributed by atoms with Gasteiger partial charge >= 0.3 is 0 Å². The Labute approximate surface area is 237 Å². The first-order valence-electron chi connectivity index (χ1n) is 15.5. The van der Waals surface area contributed by atoms with Crippen LogP contribution >= 0.6 is 0 Å². The van der Waals surface area contributed by atoms with E-state index in [-0.39, 0.29) is 5.92 Å². The van der Waals surface area contributed by atoms with E-state index in [4.69, 9.17) is 9.47 Å². The average Bonchev–Trinajstić information content (AvgIpc) is 2.99. The predicted octanol–water partition coefficient (Wildman–Crippen LogP) is 10.2. The first-order chi connectivity index (χ1) is 19.0. The summed E-state index contributed by atoms with van der Waals surface area (Å²) < 4.78 is 11.5. The molecule has 0 bridgehead atoms. The Hall–Kier alpha value is -2.74. The summed E-state index contributed by atoms with van der Waals surface area (Å²) >= 11 is 0. The van der Waals surface area contributed by atoms with Gasteiger partial charge in [0.1, 0.15) is 11.5 Å². The van der Waals surface area contributed by atoms with Crippen LogP contribution < -0.4 is 9.47 Å². The second kappa shape index (κ2) is 12.6. The van der Waals surface area contributed by atoms with E-state index in [1.807, 2.05) is 7.11 Å². The highest BCUT2D eigenvalue weighted by molar-refractivity contribution is 5.55. The molecule has 1 unspecified atom stereocenters. The second-order valence-electron chi connectivity index (χ2n) is 12.1. The van der Waals surface area contributed by atoms with Crippen LogP contribution in [0.2, 0.25) is 0 Å². The molecule has 0 N–H and O–H groups in total. The highest BCUT2D eigenvalue weighted by Gasteiger charge is 2.28. The smallest absolute Gasteiger partial charge is 0.122 e. The molecular formula is C37H48O2. The highest BCUT2D eigenvalue weighted by Crippen LogP contribution is 2.45. The first kappa shape index (κ1) is 27.8. The van der Waals surface area contributed by atoms with E-state index in [1.165, 1.54) is 97.6 Å². The predicted molar refractivity (Wildman–Crippen MR) is 164 cm³/mol. The van der Waals surface area contributed by atoms with Crippen LogP contribution in [0.25, 0.3) is 0 Å². The van der Waals surface area contributed by atoms with E-state index < -0.39 is 0 Å². The van der Waals surface area contributed by atoms with Crippen molar-refractivity contribution in [2.45, 2.75) is 109 Å². The van der Waals surface area contributed by atoms with Gasteiger partial charge in [-0.1, -0.05) is 75.8 Å². The van der Waals surface area contributed by atoms with Crippen LogP contribution in [0.15, 0.2) is 48.5 Å². The number of benzene rings is 3. The first-order valence-corrected chi connectivity index (χ1v) is 15.5. The molecule has 0 spiro atoms. The molecule has 2 heteroatoms. The Kier molecular flexibility index (Phi) is 9.00. The van der Waals surface area contributed by atoms with Crippen LogP contribution in [0.5, 0.6) is 11.5 Å². The van der Waals surface area contributed by atoms with Crippen molar-refractivity contribution in [2.75, 3.05) is 14.2 Å². The molecule has 2 aliphatic carbocycles. The van der Waals surface area contributed by atoms with Gasteiger partial charge in [0, 0.05) is 5.92 Å². The molecule has 3 aromatic rings. The summed E-state index contributed by atoms with van der Waals surface area (Å²) in [6.07, 6.45) is 14.4. The summed E-state index contributed by atoms with van der Waals surface area (Å²) in [5.74, 6) is 3.44. The maximum absolute atomic E-state index is 5.99. The molecule has 1 atom stereocenters. The maximum Gasteiger partial charge on any atom is 0.122 e. The molecule has 2 fully saturated rings. The van der Waals surface area contributed by atoms with Gasteiger partial charge in [0.05, 0.1) is 14.2 Å². The lowest BCUT2D eigenvalue weighted by atomic mass is 9.75. The fraction of sp³-hybridized carbons (Fsp3) is 0.514. The minimum Gasteiger partial charge on any atom is -0.497 e. The van der Waals surface area contributed by atoms with Gasteiger partial charge in [0.15, 0.2) is 0 Å². The highest BCUT2D eigenvalue weighted by atomic mass is 16.5. The monoisotopic (exact) mass is 524 g/mol. The van der Waals surface area contributed by atoms with Crippen molar-refractivity contribution in [3.8, 4) is 11.5 Å². The average molecular weight is 525 g/mol. The summed E-state index contributed by atoms with van der Waals surface area (Å²) in [6.45, 7) is 6.93. The van der Waals surface area contributed by atoms with E-state index in [0.717, 1.165) is 17.9 Å². The quantitative estimate of drug-likeness (QED) is 0.273. The minimum atomic E-state index is 0.178. The van der Waals surface area contributed by atoms with Crippen LogP contribution in [-0.2, 0) is 6.42 Å². The fourth-order valence-corrected chi connectivity index (χ4v) is 7.47. The van der Waals surface area contributed by atoms with Crippen LogP contribution in [-0.4, -0.2) is 14.2 Å². The van der Waals surface area contributed by atoms with Gasteiger partial charge in [-0.15, -0.1) is 0 Å². The Morgan fingerprint density at radius 1 is 0.667 bits per heavy atom. The number of rotatable bonds is 8. The molecule has 0 aliphatic heterocycles. The number of hydrogen-bond acceptors (Lipinski definition) is 2. The fourth-order valence-electron chi connectivity index (χ4n) is 7.47. The number of hydrogen-bond donors (Lipinski definition) is 0. The topological polar surface area (TPSA) is 18.5 Å². The van der Waals surface area contributed by atoms with Gasteiger partial charge in [0.2, 0.25) is 0 Å². The summed E-state index contributed by atoms with van der Waals surface area (Å²) in [7, 11) is 3.59.